The van der Waals surface area contributed by atoms with E-state index in [2.05, 4.69) is 23.1 Å². The summed E-state index contributed by atoms with van der Waals surface area (Å²) in [6.07, 6.45) is 8.38. The maximum Gasteiger partial charge on any atom is 0.226 e. The number of hydrogen-bond acceptors (Lipinski definition) is 3. The third-order valence-electron chi connectivity index (χ3n) is 5.76. The molecule has 3 aliphatic rings. The number of amides is 1. The SMILES string of the molecule is O=C(C1CCCCC1)N1CCOc2ccc(N3CCCC3)cc2C1. The summed E-state index contributed by atoms with van der Waals surface area (Å²) in [5, 5.41) is 0. The zero-order valence-corrected chi connectivity index (χ0v) is 14.5. The highest BCUT2D eigenvalue weighted by atomic mass is 16.5. The van der Waals surface area contributed by atoms with Gasteiger partial charge in [-0.1, -0.05) is 19.3 Å². The second kappa shape index (κ2) is 7.04. The zero-order chi connectivity index (χ0) is 16.4. The summed E-state index contributed by atoms with van der Waals surface area (Å²) in [7, 11) is 0. The molecule has 1 saturated heterocycles. The summed E-state index contributed by atoms with van der Waals surface area (Å²) in [6, 6.07) is 6.51. The molecule has 4 heteroatoms. The highest BCUT2D eigenvalue weighted by Crippen LogP contribution is 2.31. The molecule has 2 fully saturated rings. The van der Waals surface area contributed by atoms with Gasteiger partial charge >= 0.3 is 0 Å². The van der Waals surface area contributed by atoms with Crippen LogP contribution in [-0.2, 0) is 11.3 Å². The molecule has 24 heavy (non-hydrogen) atoms. The summed E-state index contributed by atoms with van der Waals surface area (Å²) in [5.74, 6) is 1.54. The zero-order valence-electron chi connectivity index (χ0n) is 14.5. The van der Waals surface area contributed by atoms with Gasteiger partial charge in [-0.2, -0.15) is 0 Å². The molecule has 2 aliphatic heterocycles. The third-order valence-corrected chi connectivity index (χ3v) is 5.76. The van der Waals surface area contributed by atoms with E-state index in [0.717, 1.165) is 31.7 Å². The third kappa shape index (κ3) is 3.24. The van der Waals surface area contributed by atoms with Crippen molar-refractivity contribution in [3.8, 4) is 5.75 Å². The number of rotatable bonds is 2. The molecule has 0 bridgehead atoms. The Kier molecular flexibility index (Phi) is 4.63. The molecule has 1 saturated carbocycles. The number of carbonyl (C=O) groups excluding carboxylic acids is 1. The van der Waals surface area contributed by atoms with Crippen molar-refractivity contribution in [2.45, 2.75) is 51.5 Å². The van der Waals surface area contributed by atoms with Crippen LogP contribution in [0.5, 0.6) is 5.75 Å². The standard InChI is InChI=1S/C20H28N2O2/c23-20(16-6-2-1-3-7-16)22-12-13-24-19-9-8-18(14-17(19)15-22)21-10-4-5-11-21/h8-9,14,16H,1-7,10-13,15H2. The van der Waals surface area contributed by atoms with Gasteiger partial charge in [0.05, 0.1) is 6.54 Å². The van der Waals surface area contributed by atoms with Gasteiger partial charge in [0.25, 0.3) is 0 Å². The highest BCUT2D eigenvalue weighted by molar-refractivity contribution is 5.79. The molecule has 4 nitrogen and oxygen atoms in total. The van der Waals surface area contributed by atoms with Crippen LogP contribution in [0.4, 0.5) is 5.69 Å². The fourth-order valence-electron chi connectivity index (χ4n) is 4.35. The number of fused-ring (bicyclic) bond motifs is 1. The molecule has 1 aromatic rings. The second-order valence-electron chi connectivity index (χ2n) is 7.43. The Balaban J connectivity index is 1.52. The smallest absolute Gasteiger partial charge is 0.226 e. The Morgan fingerprint density at radius 1 is 1.00 bits per heavy atom. The molecule has 0 N–H and O–H groups in total. The van der Waals surface area contributed by atoms with Crippen molar-refractivity contribution >= 4 is 11.6 Å². The van der Waals surface area contributed by atoms with Crippen molar-refractivity contribution in [3.63, 3.8) is 0 Å². The van der Waals surface area contributed by atoms with Crippen LogP contribution < -0.4 is 9.64 Å². The van der Waals surface area contributed by atoms with E-state index in [9.17, 15) is 4.79 Å². The van der Waals surface area contributed by atoms with Crippen molar-refractivity contribution in [2.24, 2.45) is 5.92 Å². The van der Waals surface area contributed by atoms with Crippen molar-refractivity contribution in [2.75, 3.05) is 31.1 Å². The van der Waals surface area contributed by atoms with Crippen LogP contribution in [0.25, 0.3) is 0 Å². The van der Waals surface area contributed by atoms with Crippen LogP contribution in [0.2, 0.25) is 0 Å². The normalized spacial score (nSPS) is 22.0. The Morgan fingerprint density at radius 3 is 2.58 bits per heavy atom. The minimum Gasteiger partial charge on any atom is -0.491 e. The fourth-order valence-corrected chi connectivity index (χ4v) is 4.35. The lowest BCUT2D eigenvalue weighted by Crippen LogP contribution is -2.37. The van der Waals surface area contributed by atoms with Gasteiger partial charge in [-0.25, -0.2) is 0 Å². The van der Waals surface area contributed by atoms with E-state index in [-0.39, 0.29) is 5.92 Å². The van der Waals surface area contributed by atoms with E-state index in [0.29, 0.717) is 25.6 Å². The topological polar surface area (TPSA) is 32.8 Å². The van der Waals surface area contributed by atoms with Crippen LogP contribution in [-0.4, -0.2) is 37.0 Å². The maximum absolute atomic E-state index is 12.9. The Hall–Kier alpha value is -1.71. The molecule has 0 spiro atoms. The number of ether oxygens (including phenoxy) is 1. The average Bonchev–Trinajstić information content (AvgIpc) is 3.08. The van der Waals surface area contributed by atoms with Gasteiger partial charge in [-0.3, -0.25) is 4.79 Å². The Morgan fingerprint density at radius 2 is 1.79 bits per heavy atom. The molecular weight excluding hydrogens is 300 g/mol. The maximum atomic E-state index is 12.9. The molecule has 0 radical (unpaired) electrons. The van der Waals surface area contributed by atoms with Crippen molar-refractivity contribution in [1.82, 2.24) is 4.90 Å². The molecule has 1 amide bonds. The van der Waals surface area contributed by atoms with E-state index >= 15 is 0 Å². The highest BCUT2D eigenvalue weighted by Gasteiger charge is 2.28. The van der Waals surface area contributed by atoms with Gasteiger partial charge in [0.2, 0.25) is 5.91 Å². The Labute approximate surface area is 144 Å². The first-order valence-electron chi connectivity index (χ1n) is 9.61. The average molecular weight is 328 g/mol. The molecule has 0 atom stereocenters. The van der Waals surface area contributed by atoms with Crippen molar-refractivity contribution < 1.29 is 9.53 Å². The largest absolute Gasteiger partial charge is 0.491 e. The number of benzene rings is 1. The summed E-state index contributed by atoms with van der Waals surface area (Å²) >= 11 is 0. The number of nitrogens with zero attached hydrogens (tertiary/aromatic N) is 2. The lowest BCUT2D eigenvalue weighted by molar-refractivity contribution is -0.137. The van der Waals surface area contributed by atoms with E-state index < -0.39 is 0 Å². The van der Waals surface area contributed by atoms with E-state index in [4.69, 9.17) is 4.74 Å². The van der Waals surface area contributed by atoms with Crippen LogP contribution in [0.15, 0.2) is 18.2 Å². The predicted molar refractivity (Wildman–Crippen MR) is 95.4 cm³/mol. The van der Waals surface area contributed by atoms with Crippen molar-refractivity contribution in [1.29, 1.82) is 0 Å². The second-order valence-corrected chi connectivity index (χ2v) is 7.43. The van der Waals surface area contributed by atoms with Crippen LogP contribution >= 0.6 is 0 Å². The molecule has 2 heterocycles. The fraction of sp³-hybridized carbons (Fsp3) is 0.650. The summed E-state index contributed by atoms with van der Waals surface area (Å²) in [4.78, 5) is 17.4. The molecular formula is C20H28N2O2. The monoisotopic (exact) mass is 328 g/mol. The molecule has 4 rings (SSSR count). The van der Waals surface area contributed by atoms with Gasteiger partial charge in [-0.05, 0) is 43.9 Å². The molecule has 0 aromatic heterocycles. The number of hydrogen-bond donors (Lipinski definition) is 0. The quantitative estimate of drug-likeness (QED) is 0.832. The first kappa shape index (κ1) is 15.8. The minimum absolute atomic E-state index is 0.238. The van der Waals surface area contributed by atoms with Gasteiger partial charge in [0.1, 0.15) is 12.4 Å². The number of anilines is 1. The van der Waals surface area contributed by atoms with Gasteiger partial charge in [-0.15, -0.1) is 0 Å². The lowest BCUT2D eigenvalue weighted by Gasteiger charge is -2.28. The van der Waals surface area contributed by atoms with Gasteiger partial charge < -0.3 is 14.5 Å². The molecule has 1 aromatic carbocycles. The first-order chi connectivity index (χ1) is 11.8. The minimum atomic E-state index is 0.238. The van der Waals surface area contributed by atoms with E-state index in [1.807, 2.05) is 4.90 Å². The van der Waals surface area contributed by atoms with Crippen LogP contribution in [0.3, 0.4) is 0 Å². The van der Waals surface area contributed by atoms with Crippen LogP contribution in [0, 0.1) is 5.92 Å². The summed E-state index contributed by atoms with van der Waals surface area (Å²) < 4.78 is 5.92. The molecule has 1 aliphatic carbocycles. The first-order valence-corrected chi connectivity index (χ1v) is 9.61. The van der Waals surface area contributed by atoms with E-state index in [1.165, 1.54) is 43.4 Å². The molecule has 0 unspecified atom stereocenters. The van der Waals surface area contributed by atoms with Gasteiger partial charge in [0.15, 0.2) is 0 Å². The summed E-state index contributed by atoms with van der Waals surface area (Å²) in [6.45, 7) is 4.30. The lowest BCUT2D eigenvalue weighted by atomic mass is 9.88. The predicted octanol–water partition coefficient (Wildman–Crippen LogP) is 3.59. The summed E-state index contributed by atoms with van der Waals surface area (Å²) in [5.41, 5.74) is 2.45. The van der Waals surface area contributed by atoms with E-state index in [1.54, 1.807) is 0 Å². The Bertz CT molecular complexity index is 589. The molecule has 130 valence electrons. The van der Waals surface area contributed by atoms with Crippen LogP contribution in [0.1, 0.15) is 50.5 Å². The van der Waals surface area contributed by atoms with Crippen molar-refractivity contribution in [3.05, 3.63) is 23.8 Å². The number of carbonyl (C=O) groups is 1. The van der Waals surface area contributed by atoms with Gasteiger partial charge in [0, 0.05) is 36.8 Å².